The summed E-state index contributed by atoms with van der Waals surface area (Å²) < 4.78 is 5.95. The van der Waals surface area contributed by atoms with Crippen LogP contribution >= 0.6 is 0 Å². The third kappa shape index (κ3) is 4.59. The van der Waals surface area contributed by atoms with Crippen molar-refractivity contribution >= 4 is 5.97 Å². The lowest BCUT2D eigenvalue weighted by Gasteiger charge is -2.28. The van der Waals surface area contributed by atoms with Crippen LogP contribution in [0.4, 0.5) is 0 Å². The van der Waals surface area contributed by atoms with E-state index in [2.05, 4.69) is 7.05 Å². The fourth-order valence-electron chi connectivity index (χ4n) is 1.92. The van der Waals surface area contributed by atoms with Gasteiger partial charge in [-0.1, -0.05) is 0 Å². The molecule has 1 saturated heterocycles. The summed E-state index contributed by atoms with van der Waals surface area (Å²) in [6, 6.07) is 0. The van der Waals surface area contributed by atoms with Gasteiger partial charge < -0.3 is 33.2 Å². The Morgan fingerprint density at radius 2 is 1.93 bits per heavy atom. The van der Waals surface area contributed by atoms with Gasteiger partial charge in [0, 0.05) is 12.8 Å². The minimum absolute atomic E-state index is 0. The van der Waals surface area contributed by atoms with E-state index in [4.69, 9.17) is 4.74 Å². The van der Waals surface area contributed by atoms with E-state index in [1.807, 2.05) is 6.92 Å². The van der Waals surface area contributed by atoms with Gasteiger partial charge in [-0.15, -0.1) is 0 Å². The van der Waals surface area contributed by atoms with Crippen LogP contribution in [0.5, 0.6) is 0 Å². The molecule has 4 heteroatoms. The van der Waals surface area contributed by atoms with Crippen LogP contribution in [0.1, 0.15) is 26.2 Å². The third-order valence-electron chi connectivity index (χ3n) is 2.81. The van der Waals surface area contributed by atoms with Gasteiger partial charge in [-0.3, -0.25) is 4.79 Å². The van der Waals surface area contributed by atoms with Crippen LogP contribution < -0.4 is 24.0 Å². The first-order valence-corrected chi connectivity index (χ1v) is 5.15. The molecule has 0 aromatic rings. The van der Waals surface area contributed by atoms with Gasteiger partial charge in [0.2, 0.25) is 0 Å². The van der Waals surface area contributed by atoms with E-state index in [-0.39, 0.29) is 29.9 Å². The highest BCUT2D eigenvalue weighted by Crippen LogP contribution is 2.16. The minimum Gasteiger partial charge on any atom is -1.00 e. The minimum atomic E-state index is -0.0475. The SMILES string of the molecule is CCOC(=O)CC[N+]1(C)CCCC1.[I-]. The number of halogens is 1. The van der Waals surface area contributed by atoms with Crippen LogP contribution in [0.3, 0.4) is 0 Å². The number of carbonyl (C=O) groups excluding carboxylic acids is 1. The van der Waals surface area contributed by atoms with E-state index < -0.39 is 0 Å². The predicted molar refractivity (Wildman–Crippen MR) is 51.3 cm³/mol. The summed E-state index contributed by atoms with van der Waals surface area (Å²) in [5, 5.41) is 0. The second kappa shape index (κ2) is 6.61. The van der Waals surface area contributed by atoms with Crippen LogP contribution in [-0.2, 0) is 9.53 Å². The fraction of sp³-hybridized carbons (Fsp3) is 0.900. The molecule has 0 bridgehead atoms. The smallest absolute Gasteiger partial charge is 0.311 e. The monoisotopic (exact) mass is 313 g/mol. The first-order valence-electron chi connectivity index (χ1n) is 5.15. The van der Waals surface area contributed by atoms with Crippen LogP contribution in [0.25, 0.3) is 0 Å². The van der Waals surface area contributed by atoms with Crippen molar-refractivity contribution in [3.63, 3.8) is 0 Å². The molecule has 0 N–H and O–H groups in total. The van der Waals surface area contributed by atoms with Gasteiger partial charge in [-0.05, 0) is 6.92 Å². The van der Waals surface area contributed by atoms with Crippen molar-refractivity contribution < 1.29 is 38.0 Å². The van der Waals surface area contributed by atoms with Gasteiger partial charge in [0.05, 0.1) is 39.7 Å². The topological polar surface area (TPSA) is 26.3 Å². The highest BCUT2D eigenvalue weighted by Gasteiger charge is 2.27. The first-order chi connectivity index (χ1) is 6.16. The van der Waals surface area contributed by atoms with E-state index in [9.17, 15) is 4.79 Å². The molecule has 3 nitrogen and oxygen atoms in total. The molecule has 0 amide bonds. The number of rotatable bonds is 4. The molecule has 1 aliphatic heterocycles. The van der Waals surface area contributed by atoms with Crippen LogP contribution in [0, 0.1) is 0 Å². The number of carbonyl (C=O) groups is 1. The molecule has 84 valence electrons. The van der Waals surface area contributed by atoms with E-state index in [1.54, 1.807) is 0 Å². The Hall–Kier alpha value is 0.160. The van der Waals surface area contributed by atoms with Crippen molar-refractivity contribution in [1.29, 1.82) is 0 Å². The highest BCUT2D eigenvalue weighted by molar-refractivity contribution is 5.69. The standard InChI is InChI=1S/C10H20NO2.HI/c1-3-13-10(12)6-9-11(2)7-4-5-8-11;/h3-9H2,1-2H3;1H/q+1;/p-1. The third-order valence-corrected chi connectivity index (χ3v) is 2.81. The lowest BCUT2D eigenvalue weighted by atomic mass is 10.3. The summed E-state index contributed by atoms with van der Waals surface area (Å²) in [5.74, 6) is -0.0475. The molecule has 0 atom stereocenters. The maximum Gasteiger partial charge on any atom is 0.311 e. The Kier molecular flexibility index (Phi) is 6.68. The van der Waals surface area contributed by atoms with Crippen molar-refractivity contribution in [2.45, 2.75) is 26.2 Å². The zero-order valence-electron chi connectivity index (χ0n) is 9.09. The summed E-state index contributed by atoms with van der Waals surface area (Å²) in [7, 11) is 2.23. The number of nitrogens with zero attached hydrogens (tertiary/aromatic N) is 1. The van der Waals surface area contributed by atoms with Gasteiger partial charge >= 0.3 is 5.97 Å². The van der Waals surface area contributed by atoms with Gasteiger partial charge in [-0.25, -0.2) is 0 Å². The second-order valence-corrected chi connectivity index (χ2v) is 4.05. The summed E-state index contributed by atoms with van der Waals surface area (Å²) in [4.78, 5) is 11.1. The molecular weight excluding hydrogens is 293 g/mol. The molecule has 0 saturated carbocycles. The highest BCUT2D eigenvalue weighted by atomic mass is 127. The number of hydrogen-bond donors (Lipinski definition) is 0. The zero-order valence-corrected chi connectivity index (χ0v) is 11.2. The molecule has 1 heterocycles. The number of hydrogen-bond acceptors (Lipinski definition) is 2. The average molecular weight is 313 g/mol. The van der Waals surface area contributed by atoms with Crippen molar-refractivity contribution in [3.8, 4) is 0 Å². The van der Waals surface area contributed by atoms with Crippen molar-refractivity contribution in [2.24, 2.45) is 0 Å². The van der Waals surface area contributed by atoms with Crippen molar-refractivity contribution in [2.75, 3.05) is 33.3 Å². The van der Waals surface area contributed by atoms with Crippen molar-refractivity contribution in [3.05, 3.63) is 0 Å². The molecule has 1 rings (SSSR count). The lowest BCUT2D eigenvalue weighted by molar-refractivity contribution is -0.897. The van der Waals surface area contributed by atoms with Gasteiger partial charge in [0.25, 0.3) is 0 Å². The van der Waals surface area contributed by atoms with Gasteiger partial charge in [0.15, 0.2) is 0 Å². The normalized spacial score (nSPS) is 18.7. The fourth-order valence-corrected chi connectivity index (χ4v) is 1.92. The van der Waals surface area contributed by atoms with Gasteiger partial charge in [-0.2, -0.15) is 0 Å². The Bertz CT molecular complexity index is 179. The number of quaternary nitrogens is 1. The molecule has 0 aromatic carbocycles. The lowest BCUT2D eigenvalue weighted by Crippen LogP contribution is -3.00. The Labute approximate surface area is 103 Å². The number of ether oxygens (including phenoxy) is 1. The first kappa shape index (κ1) is 14.2. The summed E-state index contributed by atoms with van der Waals surface area (Å²) >= 11 is 0. The molecular formula is C10H20INO2. The summed E-state index contributed by atoms with van der Waals surface area (Å²) in [5.41, 5.74) is 0. The molecule has 0 spiro atoms. The summed E-state index contributed by atoms with van der Waals surface area (Å²) in [6.07, 6.45) is 3.18. The maximum atomic E-state index is 11.1. The Balaban J connectivity index is 0.00000169. The van der Waals surface area contributed by atoms with E-state index >= 15 is 0 Å². The Morgan fingerprint density at radius 1 is 1.36 bits per heavy atom. The van der Waals surface area contributed by atoms with Crippen molar-refractivity contribution in [1.82, 2.24) is 0 Å². The molecule has 0 unspecified atom stereocenters. The quantitative estimate of drug-likeness (QED) is 0.347. The van der Waals surface area contributed by atoms with Crippen LogP contribution in [0.15, 0.2) is 0 Å². The van der Waals surface area contributed by atoms with E-state index in [0.717, 1.165) is 11.0 Å². The predicted octanol–water partition coefficient (Wildman–Crippen LogP) is -1.82. The molecule has 0 radical (unpaired) electrons. The van der Waals surface area contributed by atoms with Crippen LogP contribution in [0.2, 0.25) is 0 Å². The largest absolute Gasteiger partial charge is 1.00 e. The molecule has 1 aliphatic rings. The van der Waals surface area contributed by atoms with Crippen LogP contribution in [-0.4, -0.2) is 43.7 Å². The Morgan fingerprint density at radius 3 is 2.43 bits per heavy atom. The molecule has 14 heavy (non-hydrogen) atoms. The molecule has 0 aromatic heterocycles. The maximum absolute atomic E-state index is 11.1. The van der Waals surface area contributed by atoms with E-state index in [1.165, 1.54) is 25.9 Å². The van der Waals surface area contributed by atoms with Gasteiger partial charge in [0.1, 0.15) is 0 Å². The molecule has 1 fully saturated rings. The number of esters is 1. The zero-order chi connectivity index (χ0) is 9.73. The number of likely N-dealkylation sites (tertiary alicyclic amines) is 1. The van der Waals surface area contributed by atoms with E-state index in [0.29, 0.717) is 13.0 Å². The average Bonchev–Trinajstić information content (AvgIpc) is 2.51. The second-order valence-electron chi connectivity index (χ2n) is 4.05. The summed E-state index contributed by atoms with van der Waals surface area (Å²) in [6.45, 7) is 5.74. The molecule has 0 aliphatic carbocycles.